The Morgan fingerprint density at radius 1 is 1.07 bits per heavy atom. The number of methoxy groups -OCH3 is 2. The average molecular weight is 402 g/mol. The van der Waals surface area contributed by atoms with Gasteiger partial charge in [0.25, 0.3) is 0 Å². The van der Waals surface area contributed by atoms with E-state index < -0.39 is 0 Å². The van der Waals surface area contributed by atoms with Gasteiger partial charge in [-0.1, -0.05) is 30.3 Å². The number of nitrogens with zero attached hydrogens (tertiary/aromatic N) is 4. The van der Waals surface area contributed by atoms with Crippen LogP contribution in [0.15, 0.2) is 59.1 Å². The van der Waals surface area contributed by atoms with Crippen molar-refractivity contribution >= 4 is 16.9 Å². The molecule has 7 heteroatoms. The third-order valence-corrected chi connectivity index (χ3v) is 5.57. The smallest absolute Gasteiger partial charge is 0.246 e. The highest BCUT2D eigenvalue weighted by atomic mass is 16.5. The van der Waals surface area contributed by atoms with Crippen LogP contribution in [0, 0.1) is 0 Å². The van der Waals surface area contributed by atoms with Crippen molar-refractivity contribution in [2.45, 2.75) is 12.3 Å². The standard InChI is InChI=1S/C23H22N4O3/c1-28-20-9-5-7-17(22(20)29-2)16-10-11-27(14-16)23-25-18(13-24-26-23)21-12-15-6-3-4-8-19(15)30-21/h3-9,12-13,16H,10-11,14H2,1-2H3. The predicted octanol–water partition coefficient (Wildman–Crippen LogP) is 4.30. The summed E-state index contributed by atoms with van der Waals surface area (Å²) >= 11 is 0. The first-order valence-electron chi connectivity index (χ1n) is 9.91. The summed E-state index contributed by atoms with van der Waals surface area (Å²) in [5.74, 6) is 3.14. The number of ether oxygens (including phenoxy) is 2. The van der Waals surface area contributed by atoms with Crippen LogP contribution in [0.4, 0.5) is 5.95 Å². The van der Waals surface area contributed by atoms with Gasteiger partial charge in [-0.15, -0.1) is 5.10 Å². The maximum Gasteiger partial charge on any atom is 0.246 e. The molecule has 1 atom stereocenters. The molecule has 1 aliphatic rings. The second-order valence-corrected chi connectivity index (χ2v) is 7.30. The fourth-order valence-electron chi connectivity index (χ4n) is 4.08. The summed E-state index contributed by atoms with van der Waals surface area (Å²) in [7, 11) is 3.34. The summed E-state index contributed by atoms with van der Waals surface area (Å²) in [5, 5.41) is 9.49. The second-order valence-electron chi connectivity index (χ2n) is 7.30. The fourth-order valence-corrected chi connectivity index (χ4v) is 4.08. The van der Waals surface area contributed by atoms with E-state index in [4.69, 9.17) is 18.9 Å². The van der Waals surface area contributed by atoms with Crippen LogP contribution in [0.3, 0.4) is 0 Å². The van der Waals surface area contributed by atoms with Gasteiger partial charge in [0.05, 0.1) is 20.4 Å². The summed E-state index contributed by atoms with van der Waals surface area (Å²) in [6.07, 6.45) is 2.61. The molecule has 0 bridgehead atoms. The highest BCUT2D eigenvalue weighted by molar-refractivity contribution is 5.82. The van der Waals surface area contributed by atoms with Gasteiger partial charge in [0, 0.05) is 30.0 Å². The fraction of sp³-hybridized carbons (Fsp3) is 0.261. The average Bonchev–Trinajstić information content (AvgIpc) is 3.46. The first-order chi connectivity index (χ1) is 14.8. The number of hydrogen-bond donors (Lipinski definition) is 0. The number of para-hydroxylation sites is 2. The molecule has 1 saturated heterocycles. The second kappa shape index (κ2) is 7.67. The molecule has 0 amide bonds. The van der Waals surface area contributed by atoms with Gasteiger partial charge in [-0.2, -0.15) is 5.10 Å². The quantitative estimate of drug-likeness (QED) is 0.493. The highest BCUT2D eigenvalue weighted by Gasteiger charge is 2.29. The Hall–Kier alpha value is -3.61. The summed E-state index contributed by atoms with van der Waals surface area (Å²) < 4.78 is 17.0. The SMILES string of the molecule is COc1cccc(C2CCN(c3nncc(-c4cc5ccccc5o4)n3)C2)c1OC. The Morgan fingerprint density at radius 2 is 1.97 bits per heavy atom. The van der Waals surface area contributed by atoms with Gasteiger partial charge < -0.3 is 18.8 Å². The van der Waals surface area contributed by atoms with E-state index in [1.54, 1.807) is 20.4 Å². The molecule has 0 N–H and O–H groups in total. The molecule has 152 valence electrons. The summed E-state index contributed by atoms with van der Waals surface area (Å²) in [5.41, 5.74) is 2.65. The maximum absolute atomic E-state index is 5.94. The number of rotatable bonds is 5. The summed E-state index contributed by atoms with van der Waals surface area (Å²) in [6, 6.07) is 15.9. The molecule has 4 aromatic rings. The first-order valence-corrected chi connectivity index (χ1v) is 9.91. The lowest BCUT2D eigenvalue weighted by Gasteiger charge is -2.18. The molecule has 3 heterocycles. The third-order valence-electron chi connectivity index (χ3n) is 5.57. The van der Waals surface area contributed by atoms with Crippen LogP contribution in [-0.2, 0) is 0 Å². The van der Waals surface area contributed by atoms with Crippen molar-refractivity contribution < 1.29 is 13.9 Å². The zero-order valence-electron chi connectivity index (χ0n) is 16.9. The van der Waals surface area contributed by atoms with Crippen LogP contribution in [0.5, 0.6) is 11.5 Å². The lowest BCUT2D eigenvalue weighted by atomic mass is 9.97. The highest BCUT2D eigenvalue weighted by Crippen LogP contribution is 2.39. The Kier molecular flexibility index (Phi) is 4.71. The van der Waals surface area contributed by atoms with E-state index in [9.17, 15) is 0 Å². The van der Waals surface area contributed by atoms with E-state index >= 15 is 0 Å². The molecule has 30 heavy (non-hydrogen) atoms. The minimum Gasteiger partial charge on any atom is -0.493 e. The maximum atomic E-state index is 5.94. The molecular formula is C23H22N4O3. The third kappa shape index (κ3) is 3.22. The molecule has 2 aromatic carbocycles. The van der Waals surface area contributed by atoms with Crippen LogP contribution in [0.1, 0.15) is 17.9 Å². The van der Waals surface area contributed by atoms with Crippen LogP contribution in [0.2, 0.25) is 0 Å². The van der Waals surface area contributed by atoms with Gasteiger partial charge in [-0.25, -0.2) is 4.98 Å². The first kappa shape index (κ1) is 18.4. The van der Waals surface area contributed by atoms with E-state index in [-0.39, 0.29) is 0 Å². The van der Waals surface area contributed by atoms with Crippen molar-refractivity contribution in [2.75, 3.05) is 32.2 Å². The minimum atomic E-state index is 0.300. The number of anilines is 1. The van der Waals surface area contributed by atoms with Crippen LogP contribution >= 0.6 is 0 Å². The van der Waals surface area contributed by atoms with Gasteiger partial charge in [0.15, 0.2) is 17.3 Å². The monoisotopic (exact) mass is 402 g/mol. The molecule has 1 aliphatic heterocycles. The van der Waals surface area contributed by atoms with Gasteiger partial charge in [-0.05, 0) is 24.6 Å². The van der Waals surface area contributed by atoms with Gasteiger partial charge in [0.2, 0.25) is 5.95 Å². The molecule has 5 rings (SSSR count). The van der Waals surface area contributed by atoms with Crippen molar-refractivity contribution in [3.05, 3.63) is 60.3 Å². The predicted molar refractivity (Wildman–Crippen MR) is 114 cm³/mol. The Labute approximate surface area is 174 Å². The lowest BCUT2D eigenvalue weighted by Crippen LogP contribution is -2.22. The molecule has 1 fully saturated rings. The number of benzene rings is 2. The van der Waals surface area contributed by atoms with Crippen molar-refractivity contribution in [2.24, 2.45) is 0 Å². The molecule has 0 spiro atoms. The Bertz CT molecular complexity index is 1160. The largest absolute Gasteiger partial charge is 0.493 e. The van der Waals surface area contributed by atoms with Crippen LogP contribution < -0.4 is 14.4 Å². The number of hydrogen-bond acceptors (Lipinski definition) is 7. The molecule has 7 nitrogen and oxygen atoms in total. The lowest BCUT2D eigenvalue weighted by molar-refractivity contribution is 0.350. The van der Waals surface area contributed by atoms with E-state index in [0.29, 0.717) is 23.3 Å². The van der Waals surface area contributed by atoms with Gasteiger partial charge >= 0.3 is 0 Å². The number of fused-ring (bicyclic) bond motifs is 1. The van der Waals surface area contributed by atoms with Crippen LogP contribution in [-0.4, -0.2) is 42.5 Å². The molecule has 1 unspecified atom stereocenters. The van der Waals surface area contributed by atoms with E-state index in [2.05, 4.69) is 21.2 Å². The zero-order chi connectivity index (χ0) is 20.5. The number of aromatic nitrogens is 3. The summed E-state index contributed by atoms with van der Waals surface area (Å²) in [4.78, 5) is 6.88. The minimum absolute atomic E-state index is 0.300. The van der Waals surface area contributed by atoms with E-state index in [0.717, 1.165) is 47.5 Å². The molecular weight excluding hydrogens is 380 g/mol. The summed E-state index contributed by atoms with van der Waals surface area (Å²) in [6.45, 7) is 1.63. The van der Waals surface area contributed by atoms with Crippen LogP contribution in [0.25, 0.3) is 22.4 Å². The molecule has 0 aliphatic carbocycles. The van der Waals surface area contributed by atoms with Crippen molar-refractivity contribution in [3.63, 3.8) is 0 Å². The van der Waals surface area contributed by atoms with Gasteiger partial charge in [-0.3, -0.25) is 0 Å². The topological polar surface area (TPSA) is 73.5 Å². The Balaban J connectivity index is 1.41. The van der Waals surface area contributed by atoms with E-state index in [1.807, 2.05) is 42.5 Å². The van der Waals surface area contributed by atoms with Crippen molar-refractivity contribution in [3.8, 4) is 23.0 Å². The number of furan rings is 1. The van der Waals surface area contributed by atoms with Crippen molar-refractivity contribution in [1.82, 2.24) is 15.2 Å². The van der Waals surface area contributed by atoms with E-state index in [1.165, 1.54) is 0 Å². The zero-order valence-corrected chi connectivity index (χ0v) is 16.9. The normalized spacial score (nSPS) is 16.2. The molecule has 0 saturated carbocycles. The Morgan fingerprint density at radius 3 is 2.80 bits per heavy atom. The molecule has 0 radical (unpaired) electrons. The van der Waals surface area contributed by atoms with Gasteiger partial charge in [0.1, 0.15) is 11.3 Å². The van der Waals surface area contributed by atoms with Crippen molar-refractivity contribution in [1.29, 1.82) is 0 Å². The molecule has 2 aromatic heterocycles.